The van der Waals surface area contributed by atoms with Gasteiger partial charge < -0.3 is 10.2 Å². The lowest BCUT2D eigenvalue weighted by Crippen LogP contribution is -2.07. The summed E-state index contributed by atoms with van der Waals surface area (Å²) in [6, 6.07) is 15.0. The molecule has 0 fully saturated rings. The molecule has 0 atom stereocenters. The van der Waals surface area contributed by atoms with Gasteiger partial charge in [-0.3, -0.25) is 4.40 Å². The fourth-order valence-electron chi connectivity index (χ4n) is 2.90. The number of hydrogen-bond acceptors (Lipinski definition) is 4. The van der Waals surface area contributed by atoms with E-state index in [1.54, 1.807) is 11.3 Å². The lowest BCUT2D eigenvalue weighted by atomic mass is 10.1. The Morgan fingerprint density at radius 1 is 1.19 bits per heavy atom. The molecule has 0 spiro atoms. The molecule has 6 heteroatoms. The summed E-state index contributed by atoms with van der Waals surface area (Å²) in [7, 11) is 4.10. The van der Waals surface area contributed by atoms with Crippen LogP contribution < -0.4 is 10.2 Å². The zero-order valence-corrected chi connectivity index (χ0v) is 17.6. The van der Waals surface area contributed by atoms with Crippen LogP contribution in [0.4, 0.5) is 11.4 Å². The first-order valence-electron chi connectivity index (χ1n) is 8.34. The van der Waals surface area contributed by atoms with E-state index in [2.05, 4.69) is 106 Å². The topological polar surface area (TPSA) is 32.6 Å². The summed E-state index contributed by atoms with van der Waals surface area (Å²) in [5.74, 6) is 0. The molecule has 0 saturated heterocycles. The molecule has 0 amide bonds. The van der Waals surface area contributed by atoms with E-state index < -0.39 is 0 Å². The number of fused-ring (bicyclic) bond motifs is 3. The third kappa shape index (κ3) is 3.31. The molecular formula is C20H19IN4S. The number of rotatable bonds is 5. The van der Waals surface area contributed by atoms with Gasteiger partial charge in [-0.05, 0) is 34.4 Å². The van der Waals surface area contributed by atoms with Gasteiger partial charge in [-0.25, -0.2) is 4.98 Å². The van der Waals surface area contributed by atoms with E-state index in [1.165, 1.54) is 15.9 Å². The predicted octanol–water partition coefficient (Wildman–Crippen LogP) is 5.64. The minimum absolute atomic E-state index is 0.837. The maximum Gasteiger partial charge on any atom is 0.195 e. The molecule has 4 nitrogen and oxygen atoms in total. The average molecular weight is 474 g/mol. The van der Waals surface area contributed by atoms with Crippen LogP contribution in [-0.4, -0.2) is 30.0 Å². The highest BCUT2D eigenvalue weighted by Crippen LogP contribution is 2.31. The van der Waals surface area contributed by atoms with Crippen LogP contribution in [0.3, 0.4) is 0 Å². The SMILES string of the molecule is CN(C)c1ccc(-c2cn3c(n2)sc2cc(NC/C=C/I)ccc23)cc1. The molecule has 0 radical (unpaired) electrons. The van der Waals surface area contributed by atoms with Gasteiger partial charge in [-0.15, -0.1) is 0 Å². The van der Waals surface area contributed by atoms with E-state index in [0.29, 0.717) is 0 Å². The van der Waals surface area contributed by atoms with Crippen LogP contribution in [-0.2, 0) is 0 Å². The van der Waals surface area contributed by atoms with Gasteiger partial charge in [0.25, 0.3) is 0 Å². The molecule has 2 aromatic carbocycles. The fourth-order valence-corrected chi connectivity index (χ4v) is 4.20. The van der Waals surface area contributed by atoms with Crippen molar-refractivity contribution in [2.75, 3.05) is 30.9 Å². The number of aromatic nitrogens is 2. The Morgan fingerprint density at radius 2 is 2.00 bits per heavy atom. The second kappa shape index (κ2) is 7.28. The number of nitrogens with one attached hydrogen (secondary N) is 1. The first kappa shape index (κ1) is 17.4. The standard InChI is InChI=1S/C20H19IN4S/c1-24(2)16-7-4-14(5-8-16)17-13-25-18-9-6-15(22-11-3-10-21)12-19(18)26-20(25)23-17/h3-10,12-13,22H,11H2,1-2H3/b10-3+. The molecule has 4 rings (SSSR count). The Labute approximate surface area is 170 Å². The number of halogens is 1. The zero-order valence-electron chi connectivity index (χ0n) is 14.6. The van der Waals surface area contributed by atoms with Gasteiger partial charge in [0.1, 0.15) is 0 Å². The number of hydrogen-bond donors (Lipinski definition) is 1. The maximum atomic E-state index is 4.84. The minimum Gasteiger partial charge on any atom is -0.382 e. The Balaban J connectivity index is 1.67. The van der Waals surface area contributed by atoms with Crippen LogP contribution in [0, 0.1) is 0 Å². The first-order valence-corrected chi connectivity index (χ1v) is 10.4. The molecule has 0 aliphatic rings. The predicted molar refractivity (Wildman–Crippen MR) is 122 cm³/mol. The van der Waals surface area contributed by atoms with Crippen molar-refractivity contribution in [3.05, 3.63) is 58.8 Å². The van der Waals surface area contributed by atoms with Gasteiger partial charge >= 0.3 is 0 Å². The van der Waals surface area contributed by atoms with Gasteiger partial charge in [-0.2, -0.15) is 0 Å². The number of benzene rings is 2. The van der Waals surface area contributed by atoms with Crippen LogP contribution in [0.5, 0.6) is 0 Å². The summed E-state index contributed by atoms with van der Waals surface area (Å²) < 4.78 is 5.45. The monoisotopic (exact) mass is 474 g/mol. The Bertz CT molecular complexity index is 1080. The largest absolute Gasteiger partial charge is 0.382 e. The maximum absolute atomic E-state index is 4.84. The molecule has 2 aromatic heterocycles. The van der Waals surface area contributed by atoms with Gasteiger partial charge in [0.05, 0.1) is 15.9 Å². The summed E-state index contributed by atoms with van der Waals surface area (Å²) in [4.78, 5) is 7.96. The third-order valence-corrected chi connectivity index (χ3v) is 5.81. The smallest absolute Gasteiger partial charge is 0.195 e. The first-order chi connectivity index (χ1) is 12.7. The quantitative estimate of drug-likeness (QED) is 0.380. The second-order valence-electron chi connectivity index (χ2n) is 6.25. The van der Waals surface area contributed by atoms with E-state index in [0.717, 1.165) is 28.5 Å². The third-order valence-electron chi connectivity index (χ3n) is 4.29. The van der Waals surface area contributed by atoms with E-state index in [-0.39, 0.29) is 0 Å². The molecule has 0 aliphatic carbocycles. The lowest BCUT2D eigenvalue weighted by molar-refractivity contribution is 1.13. The molecule has 0 unspecified atom stereocenters. The summed E-state index contributed by atoms with van der Waals surface area (Å²) in [5, 5.41) is 3.41. The molecular weight excluding hydrogens is 455 g/mol. The van der Waals surface area contributed by atoms with Gasteiger partial charge in [-0.1, -0.05) is 52.1 Å². The highest BCUT2D eigenvalue weighted by molar-refractivity contribution is 14.1. The average Bonchev–Trinajstić information content (AvgIpc) is 3.19. The van der Waals surface area contributed by atoms with E-state index in [9.17, 15) is 0 Å². The number of thiazole rings is 1. The van der Waals surface area contributed by atoms with Gasteiger partial charge in [0.15, 0.2) is 4.96 Å². The normalized spacial score (nSPS) is 11.7. The molecule has 26 heavy (non-hydrogen) atoms. The van der Waals surface area contributed by atoms with Crippen molar-refractivity contribution in [1.29, 1.82) is 0 Å². The molecule has 0 saturated carbocycles. The lowest BCUT2D eigenvalue weighted by Gasteiger charge is -2.12. The van der Waals surface area contributed by atoms with Gasteiger partial charge in [0.2, 0.25) is 0 Å². The Morgan fingerprint density at radius 3 is 2.73 bits per heavy atom. The zero-order chi connectivity index (χ0) is 18.1. The number of imidazole rings is 1. The Kier molecular flexibility index (Phi) is 4.86. The van der Waals surface area contributed by atoms with Crippen LogP contribution in [0.25, 0.3) is 26.4 Å². The summed E-state index contributed by atoms with van der Waals surface area (Å²) >= 11 is 3.96. The highest BCUT2D eigenvalue weighted by Gasteiger charge is 2.11. The molecule has 0 bridgehead atoms. The molecule has 132 valence electrons. The van der Waals surface area contributed by atoms with Crippen molar-refractivity contribution in [3.63, 3.8) is 0 Å². The fraction of sp³-hybridized carbons (Fsp3) is 0.150. The summed E-state index contributed by atoms with van der Waals surface area (Å²) in [6.07, 6.45) is 4.23. The molecule has 2 heterocycles. The molecule has 4 aromatic rings. The van der Waals surface area contributed by atoms with Crippen molar-refractivity contribution in [2.24, 2.45) is 0 Å². The summed E-state index contributed by atoms with van der Waals surface area (Å²) in [6.45, 7) is 0.837. The minimum atomic E-state index is 0.837. The van der Waals surface area contributed by atoms with Crippen LogP contribution in [0.1, 0.15) is 0 Å². The Hall–Kier alpha value is -2.06. The second-order valence-corrected chi connectivity index (χ2v) is 7.98. The number of nitrogens with zero attached hydrogens (tertiary/aromatic N) is 3. The van der Waals surface area contributed by atoms with Gasteiger partial charge in [0, 0.05) is 43.8 Å². The van der Waals surface area contributed by atoms with Crippen molar-refractivity contribution in [2.45, 2.75) is 0 Å². The van der Waals surface area contributed by atoms with E-state index >= 15 is 0 Å². The van der Waals surface area contributed by atoms with Crippen molar-refractivity contribution >= 4 is 60.5 Å². The van der Waals surface area contributed by atoms with Crippen molar-refractivity contribution < 1.29 is 0 Å². The van der Waals surface area contributed by atoms with Crippen LogP contribution in [0.15, 0.2) is 58.8 Å². The number of anilines is 2. The van der Waals surface area contributed by atoms with E-state index in [4.69, 9.17) is 4.98 Å². The van der Waals surface area contributed by atoms with Crippen LogP contribution in [0.2, 0.25) is 0 Å². The van der Waals surface area contributed by atoms with E-state index in [1.807, 2.05) is 4.08 Å². The van der Waals surface area contributed by atoms with Crippen LogP contribution >= 0.6 is 33.9 Å². The highest BCUT2D eigenvalue weighted by atomic mass is 127. The molecule has 1 N–H and O–H groups in total. The molecule has 0 aliphatic heterocycles. The van der Waals surface area contributed by atoms with Crippen molar-refractivity contribution in [3.8, 4) is 11.3 Å². The van der Waals surface area contributed by atoms with Crippen molar-refractivity contribution in [1.82, 2.24) is 9.38 Å². The summed E-state index contributed by atoms with van der Waals surface area (Å²) in [5.41, 5.74) is 5.68.